The van der Waals surface area contributed by atoms with Crippen LogP contribution in [0.15, 0.2) is 24.8 Å². The van der Waals surface area contributed by atoms with E-state index in [1.165, 1.54) is 6.33 Å². The summed E-state index contributed by atoms with van der Waals surface area (Å²) in [5.41, 5.74) is 3.28. The van der Waals surface area contributed by atoms with E-state index in [1.807, 2.05) is 7.05 Å². The van der Waals surface area contributed by atoms with Crippen LogP contribution in [0.5, 0.6) is 0 Å². The molecule has 0 saturated heterocycles. The highest BCUT2D eigenvalue weighted by molar-refractivity contribution is 5.68. The quantitative estimate of drug-likeness (QED) is 0.905. The third kappa shape index (κ3) is 2.68. The van der Waals surface area contributed by atoms with Gasteiger partial charge >= 0.3 is 0 Å². The Hall–Kier alpha value is -2.48. The van der Waals surface area contributed by atoms with Crippen LogP contribution in [0.2, 0.25) is 0 Å². The zero-order valence-corrected chi connectivity index (χ0v) is 11.0. The summed E-state index contributed by atoms with van der Waals surface area (Å²) in [4.78, 5) is 12.7. The van der Waals surface area contributed by atoms with E-state index in [0.29, 0.717) is 5.56 Å². The predicted octanol–water partition coefficient (Wildman–Crippen LogP) is 2.40. The molecule has 5 heteroatoms. The molecule has 0 aliphatic carbocycles. The van der Waals surface area contributed by atoms with Crippen molar-refractivity contribution in [2.45, 2.75) is 19.8 Å². The van der Waals surface area contributed by atoms with Crippen LogP contribution in [0, 0.1) is 11.3 Å². The van der Waals surface area contributed by atoms with E-state index in [2.05, 4.69) is 33.3 Å². The lowest BCUT2D eigenvalue weighted by Gasteiger charge is -2.11. The van der Waals surface area contributed by atoms with Gasteiger partial charge < -0.3 is 5.32 Å². The number of rotatable bonds is 4. The fourth-order valence-corrected chi connectivity index (χ4v) is 1.99. The van der Waals surface area contributed by atoms with Gasteiger partial charge in [0.25, 0.3) is 0 Å². The van der Waals surface area contributed by atoms with E-state index < -0.39 is 0 Å². The van der Waals surface area contributed by atoms with Crippen LogP contribution >= 0.6 is 0 Å². The summed E-state index contributed by atoms with van der Waals surface area (Å²) in [5.74, 6) is 0.828. The topological polar surface area (TPSA) is 74.5 Å². The zero-order chi connectivity index (χ0) is 13.7. The first-order chi connectivity index (χ1) is 9.30. The Morgan fingerprint density at radius 1 is 1.32 bits per heavy atom. The first-order valence-electron chi connectivity index (χ1n) is 6.17. The minimum atomic E-state index is 0.532. The first-order valence-corrected chi connectivity index (χ1v) is 6.17. The van der Waals surface area contributed by atoms with E-state index in [-0.39, 0.29) is 0 Å². The standard InChI is InChI=1S/C14H15N5/c1-3-4-12-13(18-9-19-14(12)16-2)11-5-10(6-15)7-17-8-11/h5,7-9H,3-4H2,1-2H3,(H,16,18,19). The Morgan fingerprint density at radius 3 is 2.84 bits per heavy atom. The maximum absolute atomic E-state index is 8.95. The van der Waals surface area contributed by atoms with Gasteiger partial charge in [-0.05, 0) is 12.5 Å². The van der Waals surface area contributed by atoms with Gasteiger partial charge in [-0.3, -0.25) is 4.98 Å². The molecular weight excluding hydrogens is 238 g/mol. The SMILES string of the molecule is CCCc1c(NC)ncnc1-c1cncc(C#N)c1. The molecule has 5 nitrogen and oxygen atoms in total. The summed E-state index contributed by atoms with van der Waals surface area (Å²) in [7, 11) is 1.84. The molecule has 0 aliphatic rings. The third-order valence-electron chi connectivity index (χ3n) is 2.82. The second-order valence-electron chi connectivity index (χ2n) is 4.12. The summed E-state index contributed by atoms with van der Waals surface area (Å²) in [6.07, 6.45) is 6.67. The number of nitriles is 1. The molecule has 2 aromatic heterocycles. The van der Waals surface area contributed by atoms with Gasteiger partial charge in [0.1, 0.15) is 18.2 Å². The summed E-state index contributed by atoms with van der Waals surface area (Å²) < 4.78 is 0. The maximum Gasteiger partial charge on any atom is 0.132 e. The highest BCUT2D eigenvalue weighted by Gasteiger charge is 2.12. The van der Waals surface area contributed by atoms with Gasteiger partial charge in [-0.25, -0.2) is 9.97 Å². The number of hydrogen-bond donors (Lipinski definition) is 1. The molecule has 1 N–H and O–H groups in total. The van der Waals surface area contributed by atoms with E-state index in [9.17, 15) is 0 Å². The highest BCUT2D eigenvalue weighted by Crippen LogP contribution is 2.26. The molecular formula is C14H15N5. The van der Waals surface area contributed by atoms with E-state index in [4.69, 9.17) is 5.26 Å². The van der Waals surface area contributed by atoms with Crippen LogP contribution in [0.25, 0.3) is 11.3 Å². The molecule has 0 radical (unpaired) electrons. The molecule has 0 unspecified atom stereocenters. The molecule has 0 bridgehead atoms. The molecule has 0 fully saturated rings. The van der Waals surface area contributed by atoms with Crippen LogP contribution in [-0.2, 0) is 6.42 Å². The Morgan fingerprint density at radius 2 is 2.16 bits per heavy atom. The number of aromatic nitrogens is 3. The van der Waals surface area contributed by atoms with Gasteiger partial charge in [0.2, 0.25) is 0 Å². The number of nitrogens with one attached hydrogen (secondary N) is 1. The maximum atomic E-state index is 8.95. The van der Waals surface area contributed by atoms with Gasteiger partial charge in [0, 0.05) is 30.6 Å². The molecule has 0 saturated carbocycles. The molecule has 2 aromatic rings. The van der Waals surface area contributed by atoms with Crippen molar-refractivity contribution in [2.75, 3.05) is 12.4 Å². The van der Waals surface area contributed by atoms with Crippen molar-refractivity contribution in [3.05, 3.63) is 35.9 Å². The average Bonchev–Trinajstić information content (AvgIpc) is 2.48. The number of nitrogens with zero attached hydrogens (tertiary/aromatic N) is 4. The molecule has 0 spiro atoms. The van der Waals surface area contributed by atoms with Crippen molar-refractivity contribution in [3.63, 3.8) is 0 Å². The third-order valence-corrected chi connectivity index (χ3v) is 2.82. The number of anilines is 1. The number of hydrogen-bond acceptors (Lipinski definition) is 5. The fourth-order valence-electron chi connectivity index (χ4n) is 1.99. The van der Waals surface area contributed by atoms with Crippen molar-refractivity contribution in [1.29, 1.82) is 5.26 Å². The van der Waals surface area contributed by atoms with E-state index >= 15 is 0 Å². The van der Waals surface area contributed by atoms with Crippen LogP contribution < -0.4 is 5.32 Å². The minimum absolute atomic E-state index is 0.532. The van der Waals surface area contributed by atoms with Crippen LogP contribution in [0.3, 0.4) is 0 Å². The molecule has 2 heterocycles. The largest absolute Gasteiger partial charge is 0.373 e. The molecule has 96 valence electrons. The van der Waals surface area contributed by atoms with Gasteiger partial charge in [0.15, 0.2) is 0 Å². The fraction of sp³-hybridized carbons (Fsp3) is 0.286. The van der Waals surface area contributed by atoms with Gasteiger partial charge in [-0.1, -0.05) is 13.3 Å². The van der Waals surface area contributed by atoms with Crippen molar-refractivity contribution in [3.8, 4) is 17.3 Å². The lowest BCUT2D eigenvalue weighted by molar-refractivity contribution is 0.905. The Labute approximate surface area is 112 Å². The Kier molecular flexibility index (Phi) is 4.04. The molecule has 19 heavy (non-hydrogen) atoms. The molecule has 0 aromatic carbocycles. The lowest BCUT2D eigenvalue weighted by Crippen LogP contribution is -2.03. The van der Waals surface area contributed by atoms with Gasteiger partial charge in [-0.2, -0.15) is 5.26 Å². The normalized spacial score (nSPS) is 9.95. The summed E-state index contributed by atoms with van der Waals surface area (Å²) in [6.45, 7) is 2.11. The first kappa shape index (κ1) is 13.0. The van der Waals surface area contributed by atoms with Crippen LogP contribution in [-0.4, -0.2) is 22.0 Å². The molecule has 2 rings (SSSR count). The monoisotopic (exact) mass is 253 g/mol. The summed E-state index contributed by atoms with van der Waals surface area (Å²) in [6, 6.07) is 3.90. The van der Waals surface area contributed by atoms with Crippen molar-refractivity contribution in [1.82, 2.24) is 15.0 Å². The van der Waals surface area contributed by atoms with Gasteiger partial charge in [0.05, 0.1) is 11.3 Å². The molecule has 0 aliphatic heterocycles. The Bertz CT molecular complexity index is 615. The van der Waals surface area contributed by atoms with Crippen molar-refractivity contribution in [2.24, 2.45) is 0 Å². The van der Waals surface area contributed by atoms with E-state index in [1.54, 1.807) is 18.5 Å². The average molecular weight is 253 g/mol. The molecule has 0 atom stereocenters. The molecule has 0 amide bonds. The second-order valence-corrected chi connectivity index (χ2v) is 4.12. The zero-order valence-electron chi connectivity index (χ0n) is 11.0. The van der Waals surface area contributed by atoms with Crippen LogP contribution in [0.4, 0.5) is 5.82 Å². The van der Waals surface area contributed by atoms with Crippen molar-refractivity contribution < 1.29 is 0 Å². The van der Waals surface area contributed by atoms with E-state index in [0.717, 1.165) is 35.5 Å². The summed E-state index contributed by atoms with van der Waals surface area (Å²) in [5, 5.41) is 12.0. The minimum Gasteiger partial charge on any atom is -0.373 e. The summed E-state index contributed by atoms with van der Waals surface area (Å²) >= 11 is 0. The lowest BCUT2D eigenvalue weighted by atomic mass is 10.0. The number of pyridine rings is 1. The highest BCUT2D eigenvalue weighted by atomic mass is 15.0. The van der Waals surface area contributed by atoms with Crippen LogP contribution in [0.1, 0.15) is 24.5 Å². The predicted molar refractivity (Wildman–Crippen MR) is 73.5 cm³/mol. The second kappa shape index (κ2) is 5.91. The van der Waals surface area contributed by atoms with Crippen molar-refractivity contribution >= 4 is 5.82 Å². The Balaban J connectivity index is 2.57. The van der Waals surface area contributed by atoms with Gasteiger partial charge in [-0.15, -0.1) is 0 Å². The smallest absolute Gasteiger partial charge is 0.132 e.